The van der Waals surface area contributed by atoms with E-state index in [2.05, 4.69) is 22.0 Å². The van der Waals surface area contributed by atoms with Gasteiger partial charge in [0.15, 0.2) is 0 Å². The van der Waals surface area contributed by atoms with Gasteiger partial charge in [0.1, 0.15) is 6.29 Å². The zero-order valence-electron chi connectivity index (χ0n) is 26.5. The molecule has 0 aromatic heterocycles. The highest BCUT2D eigenvalue weighted by Gasteiger charge is 2.50. The molecule has 1 aromatic carbocycles. The Morgan fingerprint density at radius 1 is 1.09 bits per heavy atom. The standard InChI is InChI=1S/C17H23F2NO2.C16H27N3.CH4O/c1-16(2)12-20(8-7-17(16,18)19)15-5-3-4-13(10-15)14(11-22)6-9-21;17-14-15-6-4-10-18-16(9-8-15)7-5-13-19-11-2-1-3-12-19;1-2/h3-5,9-10,14,22H,6-8,11-12H2,1-2H3;8-9,14H,1-7,10-13,17H2;2H,1H3/b;9-8-,15-14+,18-16?;. The first kappa shape index (κ1) is 36.6. The van der Waals surface area contributed by atoms with Crippen molar-refractivity contribution in [3.05, 3.63) is 53.8 Å². The molecule has 3 heterocycles. The van der Waals surface area contributed by atoms with Gasteiger partial charge in [-0.1, -0.05) is 38.5 Å². The van der Waals surface area contributed by atoms with Gasteiger partial charge in [-0.05, 0) is 93.7 Å². The molecule has 0 bridgehead atoms. The van der Waals surface area contributed by atoms with Crippen LogP contribution in [0.5, 0.6) is 0 Å². The van der Waals surface area contributed by atoms with Crippen molar-refractivity contribution in [2.75, 3.05) is 57.9 Å². The molecule has 0 spiro atoms. The summed E-state index contributed by atoms with van der Waals surface area (Å²) in [5.74, 6) is -2.90. The lowest BCUT2D eigenvalue weighted by Crippen LogP contribution is -2.52. The molecular formula is C34H54F2N4O3. The van der Waals surface area contributed by atoms with E-state index < -0.39 is 11.3 Å². The quantitative estimate of drug-likeness (QED) is 0.312. The minimum atomic E-state index is -2.66. The molecule has 1 aromatic rings. The Morgan fingerprint density at radius 2 is 1.84 bits per heavy atom. The number of anilines is 1. The van der Waals surface area contributed by atoms with Crippen LogP contribution in [0.15, 0.2) is 53.2 Å². The summed E-state index contributed by atoms with van der Waals surface area (Å²) in [6.07, 6.45) is 15.6. The van der Waals surface area contributed by atoms with Gasteiger partial charge in [-0.2, -0.15) is 0 Å². The van der Waals surface area contributed by atoms with E-state index in [9.17, 15) is 18.7 Å². The van der Waals surface area contributed by atoms with Crippen molar-refractivity contribution >= 4 is 17.7 Å². The van der Waals surface area contributed by atoms with E-state index in [1.165, 1.54) is 56.6 Å². The summed E-state index contributed by atoms with van der Waals surface area (Å²) in [5.41, 5.74) is 8.74. The van der Waals surface area contributed by atoms with Crippen molar-refractivity contribution in [2.24, 2.45) is 16.1 Å². The van der Waals surface area contributed by atoms with Crippen molar-refractivity contribution in [3.63, 3.8) is 0 Å². The maximum Gasteiger partial charge on any atom is 0.256 e. The number of carbonyl (C=O) groups is 1. The molecule has 0 saturated carbocycles. The van der Waals surface area contributed by atoms with Crippen molar-refractivity contribution < 1.29 is 23.8 Å². The Kier molecular flexibility index (Phi) is 16.1. The number of halogens is 2. The van der Waals surface area contributed by atoms with Gasteiger partial charge in [-0.3, -0.25) is 4.99 Å². The third-order valence-corrected chi connectivity index (χ3v) is 8.58. The van der Waals surface area contributed by atoms with Crippen LogP contribution in [0.4, 0.5) is 14.5 Å². The van der Waals surface area contributed by atoms with Crippen LogP contribution in [0.25, 0.3) is 0 Å². The molecule has 3 aliphatic heterocycles. The Hall–Kier alpha value is -2.62. The van der Waals surface area contributed by atoms with Gasteiger partial charge in [-0.25, -0.2) is 8.78 Å². The number of carbonyl (C=O) groups excluding carboxylic acids is 1. The van der Waals surface area contributed by atoms with Gasteiger partial charge >= 0.3 is 0 Å². The zero-order valence-corrected chi connectivity index (χ0v) is 26.5. The van der Waals surface area contributed by atoms with Gasteiger partial charge in [0.25, 0.3) is 5.92 Å². The summed E-state index contributed by atoms with van der Waals surface area (Å²) in [6, 6.07) is 7.48. The van der Waals surface area contributed by atoms with Crippen molar-refractivity contribution in [2.45, 2.75) is 83.5 Å². The number of likely N-dealkylation sites (tertiary alicyclic amines) is 1. The minimum Gasteiger partial charge on any atom is -0.404 e. The average molecular weight is 605 g/mol. The first-order valence-corrected chi connectivity index (χ1v) is 15.8. The van der Waals surface area contributed by atoms with E-state index in [4.69, 9.17) is 10.8 Å². The number of benzene rings is 1. The predicted molar refractivity (Wildman–Crippen MR) is 173 cm³/mol. The second kappa shape index (κ2) is 18.9. The molecule has 43 heavy (non-hydrogen) atoms. The third kappa shape index (κ3) is 11.8. The largest absolute Gasteiger partial charge is 0.404 e. The SMILES string of the molecule is CC1(C)CN(c2cccc(C(CO)CC=O)c2)CCC1(F)F.CO.N/C=C1/C=C\C(CCCN2CCCCC2)=NCCC1. The normalized spacial score (nSPS) is 22.4. The van der Waals surface area contributed by atoms with Crippen LogP contribution in [0, 0.1) is 5.41 Å². The second-order valence-electron chi connectivity index (χ2n) is 12.2. The summed E-state index contributed by atoms with van der Waals surface area (Å²) in [5, 5.41) is 16.4. The predicted octanol–water partition coefficient (Wildman–Crippen LogP) is 5.72. The molecule has 242 valence electrons. The van der Waals surface area contributed by atoms with Crippen molar-refractivity contribution in [1.82, 2.24) is 4.90 Å². The zero-order chi connectivity index (χ0) is 31.7. The highest BCUT2D eigenvalue weighted by Crippen LogP contribution is 2.44. The monoisotopic (exact) mass is 604 g/mol. The summed E-state index contributed by atoms with van der Waals surface area (Å²) in [4.78, 5) is 19.9. The minimum absolute atomic E-state index is 0.105. The van der Waals surface area contributed by atoms with E-state index in [0.717, 1.165) is 50.5 Å². The maximum atomic E-state index is 13.9. The number of piperidine rings is 2. The number of aliphatic hydroxyl groups excluding tert-OH is 2. The number of aliphatic imine (C=N–C) groups is 1. The molecule has 0 amide bonds. The first-order valence-electron chi connectivity index (χ1n) is 15.8. The van der Waals surface area contributed by atoms with E-state index in [0.29, 0.717) is 6.54 Å². The van der Waals surface area contributed by atoms with Crippen LogP contribution in [0.2, 0.25) is 0 Å². The molecule has 4 N–H and O–H groups in total. The molecule has 3 aliphatic rings. The van der Waals surface area contributed by atoms with Gasteiger partial charge in [0, 0.05) is 62.3 Å². The highest BCUT2D eigenvalue weighted by atomic mass is 19.3. The van der Waals surface area contributed by atoms with Crippen LogP contribution >= 0.6 is 0 Å². The van der Waals surface area contributed by atoms with Crippen molar-refractivity contribution in [3.8, 4) is 0 Å². The Morgan fingerprint density at radius 3 is 2.49 bits per heavy atom. The summed E-state index contributed by atoms with van der Waals surface area (Å²) >= 11 is 0. The Labute approximate surface area is 257 Å². The van der Waals surface area contributed by atoms with Crippen LogP contribution in [-0.2, 0) is 4.79 Å². The Balaban J connectivity index is 0.000000286. The number of hydrogen-bond acceptors (Lipinski definition) is 7. The number of hydrogen-bond donors (Lipinski definition) is 3. The van der Waals surface area contributed by atoms with Crippen LogP contribution in [-0.4, -0.2) is 86.0 Å². The average Bonchev–Trinajstić information content (AvgIpc) is 3.00. The lowest BCUT2D eigenvalue weighted by atomic mass is 9.80. The summed E-state index contributed by atoms with van der Waals surface area (Å²) < 4.78 is 27.9. The molecular weight excluding hydrogens is 550 g/mol. The number of allylic oxidation sites excluding steroid dienone is 3. The van der Waals surface area contributed by atoms with E-state index in [1.54, 1.807) is 20.0 Å². The molecule has 1 atom stereocenters. The summed E-state index contributed by atoms with van der Waals surface area (Å²) in [7, 11) is 1.00. The molecule has 7 nitrogen and oxygen atoms in total. The molecule has 4 rings (SSSR count). The third-order valence-electron chi connectivity index (χ3n) is 8.58. The molecule has 2 saturated heterocycles. The number of alkyl halides is 2. The number of nitrogens with zero attached hydrogens (tertiary/aromatic N) is 3. The second-order valence-corrected chi connectivity index (χ2v) is 12.2. The fourth-order valence-corrected chi connectivity index (χ4v) is 5.73. The molecule has 2 fully saturated rings. The number of nitrogens with two attached hydrogens (primary N) is 1. The smallest absolute Gasteiger partial charge is 0.256 e. The lowest BCUT2D eigenvalue weighted by Gasteiger charge is -2.45. The summed E-state index contributed by atoms with van der Waals surface area (Å²) in [6.45, 7) is 8.42. The van der Waals surface area contributed by atoms with Crippen molar-refractivity contribution in [1.29, 1.82) is 0 Å². The topological polar surface area (TPSA) is 102 Å². The van der Waals surface area contributed by atoms with Gasteiger partial charge in [-0.15, -0.1) is 0 Å². The van der Waals surface area contributed by atoms with Gasteiger partial charge in [0.05, 0.1) is 6.61 Å². The van der Waals surface area contributed by atoms with Gasteiger partial charge < -0.3 is 30.5 Å². The maximum absolute atomic E-state index is 13.9. The lowest BCUT2D eigenvalue weighted by molar-refractivity contribution is -0.117. The van der Waals surface area contributed by atoms with E-state index in [-0.39, 0.29) is 31.9 Å². The number of rotatable bonds is 9. The first-order chi connectivity index (χ1) is 20.7. The number of aldehydes is 1. The van der Waals surface area contributed by atoms with Gasteiger partial charge in [0.2, 0.25) is 0 Å². The fourth-order valence-electron chi connectivity index (χ4n) is 5.73. The molecule has 0 aliphatic carbocycles. The van der Waals surface area contributed by atoms with Crippen LogP contribution < -0.4 is 10.6 Å². The van der Waals surface area contributed by atoms with Crippen LogP contribution in [0.1, 0.15) is 83.1 Å². The van der Waals surface area contributed by atoms with E-state index in [1.807, 2.05) is 29.2 Å². The highest BCUT2D eigenvalue weighted by molar-refractivity contribution is 5.95. The Bertz CT molecular complexity index is 1050. The molecule has 1 unspecified atom stereocenters. The number of aliphatic hydroxyl groups is 2. The van der Waals surface area contributed by atoms with E-state index >= 15 is 0 Å². The fraction of sp³-hybridized carbons (Fsp3) is 0.647. The van der Waals surface area contributed by atoms with Crippen LogP contribution in [0.3, 0.4) is 0 Å². The molecule has 0 radical (unpaired) electrons. The molecule has 9 heteroatoms.